The van der Waals surface area contributed by atoms with Crippen molar-refractivity contribution in [1.82, 2.24) is 20.1 Å². The molecule has 9 nitrogen and oxygen atoms in total. The van der Waals surface area contributed by atoms with Crippen LogP contribution in [0.4, 0.5) is 5.69 Å². The number of esters is 1. The molecule has 2 N–H and O–H groups in total. The Kier molecular flexibility index (Phi) is 9.66. The van der Waals surface area contributed by atoms with Gasteiger partial charge in [0.2, 0.25) is 5.91 Å². The molecule has 0 bridgehead atoms. The molecular weight excluding hydrogens is 502 g/mol. The second-order valence-electron chi connectivity index (χ2n) is 7.55. The molecule has 0 saturated carbocycles. The van der Waals surface area contributed by atoms with Crippen molar-refractivity contribution in [3.63, 3.8) is 0 Å². The molecule has 3 rings (SSSR count). The van der Waals surface area contributed by atoms with Crippen LogP contribution in [0, 0.1) is 0 Å². The molecule has 0 aliphatic rings. The number of hydrogen-bond donors (Lipinski definition) is 2. The average molecular weight is 528 g/mol. The van der Waals surface area contributed by atoms with Crippen LogP contribution in [-0.2, 0) is 16.1 Å². The third kappa shape index (κ3) is 6.96. The van der Waals surface area contributed by atoms with Crippen LogP contribution in [0.15, 0.2) is 66.3 Å². The predicted octanol–water partition coefficient (Wildman–Crippen LogP) is 4.52. The second-order valence-corrected chi connectivity index (χ2v) is 8.90. The standard InChI is InChI=1S/C25H26ClN5O4S/c1-4-13-31-22(16(3)27-23(33)19-11-6-7-12-20(19)26)29-30-25(31)36-15-21(32)28-18-10-8-9-17(14-18)24(34)35-5-2/h4,6-12,14,16H,1,5,13,15H2,2-3H3,(H,27,33)(H,28,32)/t16-/m1/s1. The highest BCUT2D eigenvalue weighted by molar-refractivity contribution is 7.99. The Morgan fingerprint density at radius 3 is 2.69 bits per heavy atom. The molecule has 0 spiro atoms. The molecule has 188 valence electrons. The first-order chi connectivity index (χ1) is 17.3. The fraction of sp³-hybridized carbons (Fsp3) is 0.240. The van der Waals surface area contributed by atoms with Gasteiger partial charge in [0, 0.05) is 12.2 Å². The van der Waals surface area contributed by atoms with Crippen molar-refractivity contribution in [2.24, 2.45) is 0 Å². The first-order valence-electron chi connectivity index (χ1n) is 11.1. The van der Waals surface area contributed by atoms with E-state index in [1.807, 2.05) is 0 Å². The summed E-state index contributed by atoms with van der Waals surface area (Å²) in [5.74, 6) is -0.501. The molecule has 11 heteroatoms. The Bertz CT molecular complexity index is 1260. The highest BCUT2D eigenvalue weighted by Crippen LogP contribution is 2.22. The lowest BCUT2D eigenvalue weighted by Gasteiger charge is -2.15. The van der Waals surface area contributed by atoms with Crippen LogP contribution in [0.2, 0.25) is 5.02 Å². The summed E-state index contributed by atoms with van der Waals surface area (Å²) < 4.78 is 6.77. The summed E-state index contributed by atoms with van der Waals surface area (Å²) in [4.78, 5) is 37.1. The fourth-order valence-electron chi connectivity index (χ4n) is 3.28. The normalized spacial score (nSPS) is 11.4. The molecule has 0 unspecified atom stereocenters. The van der Waals surface area contributed by atoms with Gasteiger partial charge in [0.25, 0.3) is 5.91 Å². The predicted molar refractivity (Wildman–Crippen MR) is 139 cm³/mol. The van der Waals surface area contributed by atoms with Gasteiger partial charge in [-0.25, -0.2) is 4.79 Å². The van der Waals surface area contributed by atoms with E-state index in [9.17, 15) is 14.4 Å². The van der Waals surface area contributed by atoms with E-state index in [-0.39, 0.29) is 24.2 Å². The Hall–Kier alpha value is -3.63. The van der Waals surface area contributed by atoms with Gasteiger partial charge < -0.3 is 19.9 Å². The van der Waals surface area contributed by atoms with Crippen molar-refractivity contribution in [1.29, 1.82) is 0 Å². The third-order valence-corrected chi connectivity index (χ3v) is 6.20. The van der Waals surface area contributed by atoms with Crippen molar-refractivity contribution >= 4 is 46.8 Å². The van der Waals surface area contributed by atoms with E-state index in [2.05, 4.69) is 27.4 Å². The van der Waals surface area contributed by atoms with Gasteiger partial charge >= 0.3 is 5.97 Å². The quantitative estimate of drug-likeness (QED) is 0.214. The summed E-state index contributed by atoms with van der Waals surface area (Å²) in [7, 11) is 0. The molecule has 1 aromatic heterocycles. The number of allylic oxidation sites excluding steroid dienone is 1. The van der Waals surface area contributed by atoms with E-state index < -0.39 is 12.0 Å². The molecule has 3 aromatic rings. The van der Waals surface area contributed by atoms with Crippen molar-refractivity contribution in [3.05, 3.63) is 83.2 Å². The van der Waals surface area contributed by atoms with Gasteiger partial charge in [0.05, 0.1) is 34.6 Å². The minimum absolute atomic E-state index is 0.0548. The molecule has 0 saturated heterocycles. The number of anilines is 1. The molecular formula is C25H26ClN5O4S. The van der Waals surface area contributed by atoms with E-state index in [0.717, 1.165) is 0 Å². The molecule has 2 aromatic carbocycles. The molecule has 0 fully saturated rings. The third-order valence-electron chi connectivity index (χ3n) is 4.90. The molecule has 1 atom stereocenters. The average Bonchev–Trinajstić information content (AvgIpc) is 3.26. The molecule has 2 amide bonds. The number of halogens is 1. The SMILES string of the molecule is C=CCn1c(SCC(=O)Nc2cccc(C(=O)OCC)c2)nnc1[C@@H](C)NC(=O)c1ccccc1Cl. The first kappa shape index (κ1) is 27.0. The molecule has 36 heavy (non-hydrogen) atoms. The van der Waals surface area contributed by atoms with Crippen molar-refractivity contribution < 1.29 is 19.1 Å². The maximum Gasteiger partial charge on any atom is 0.338 e. The van der Waals surface area contributed by atoms with Crippen LogP contribution in [0.5, 0.6) is 0 Å². The van der Waals surface area contributed by atoms with E-state index in [0.29, 0.717) is 39.4 Å². The van der Waals surface area contributed by atoms with Crippen LogP contribution in [-0.4, -0.2) is 44.9 Å². The molecule has 0 aliphatic heterocycles. The Labute approximate surface area is 218 Å². The Morgan fingerprint density at radius 1 is 1.19 bits per heavy atom. The van der Waals surface area contributed by atoms with Crippen LogP contribution in [0.25, 0.3) is 0 Å². The van der Waals surface area contributed by atoms with E-state index in [1.54, 1.807) is 73.0 Å². The fourth-order valence-corrected chi connectivity index (χ4v) is 4.25. The van der Waals surface area contributed by atoms with Gasteiger partial charge in [-0.15, -0.1) is 16.8 Å². The molecule has 0 aliphatic carbocycles. The maximum absolute atomic E-state index is 12.7. The Balaban J connectivity index is 1.65. The minimum Gasteiger partial charge on any atom is -0.462 e. The zero-order valence-electron chi connectivity index (χ0n) is 19.9. The van der Waals surface area contributed by atoms with Gasteiger partial charge in [-0.3, -0.25) is 9.59 Å². The summed E-state index contributed by atoms with van der Waals surface area (Å²) >= 11 is 7.32. The van der Waals surface area contributed by atoms with Crippen molar-refractivity contribution in [2.45, 2.75) is 31.6 Å². The zero-order chi connectivity index (χ0) is 26.1. The molecule has 1 heterocycles. The number of thioether (sulfide) groups is 1. The highest BCUT2D eigenvalue weighted by Gasteiger charge is 2.21. The maximum atomic E-state index is 12.7. The summed E-state index contributed by atoms with van der Waals surface area (Å²) in [6.45, 7) is 7.95. The number of hydrogen-bond acceptors (Lipinski definition) is 7. The minimum atomic E-state index is -0.477. The number of ether oxygens (including phenoxy) is 1. The van der Waals surface area contributed by atoms with Crippen LogP contribution >= 0.6 is 23.4 Å². The summed E-state index contributed by atoms with van der Waals surface area (Å²) in [5.41, 5.74) is 1.19. The number of amides is 2. The first-order valence-corrected chi connectivity index (χ1v) is 12.5. The van der Waals surface area contributed by atoms with Gasteiger partial charge in [0.1, 0.15) is 0 Å². The van der Waals surface area contributed by atoms with E-state index in [1.165, 1.54) is 11.8 Å². The number of nitrogens with zero attached hydrogens (tertiary/aromatic N) is 3. The smallest absolute Gasteiger partial charge is 0.338 e. The van der Waals surface area contributed by atoms with Crippen molar-refractivity contribution in [3.8, 4) is 0 Å². The topological polar surface area (TPSA) is 115 Å². The number of carbonyl (C=O) groups is 3. The van der Waals surface area contributed by atoms with Crippen LogP contribution in [0.3, 0.4) is 0 Å². The van der Waals surface area contributed by atoms with Crippen molar-refractivity contribution in [2.75, 3.05) is 17.7 Å². The lowest BCUT2D eigenvalue weighted by Crippen LogP contribution is -2.29. The van der Waals surface area contributed by atoms with Crippen LogP contribution in [0.1, 0.15) is 46.4 Å². The van der Waals surface area contributed by atoms with E-state index in [4.69, 9.17) is 16.3 Å². The number of carbonyl (C=O) groups excluding carboxylic acids is 3. The molecule has 0 radical (unpaired) electrons. The number of aromatic nitrogens is 3. The number of benzene rings is 2. The monoisotopic (exact) mass is 527 g/mol. The van der Waals surface area contributed by atoms with E-state index >= 15 is 0 Å². The summed E-state index contributed by atoms with van der Waals surface area (Å²) in [6.07, 6.45) is 1.68. The number of rotatable bonds is 11. The van der Waals surface area contributed by atoms with Gasteiger partial charge in [-0.1, -0.05) is 47.6 Å². The highest BCUT2D eigenvalue weighted by atomic mass is 35.5. The summed E-state index contributed by atoms with van der Waals surface area (Å²) in [6, 6.07) is 12.8. The van der Waals surface area contributed by atoms with Gasteiger partial charge in [-0.2, -0.15) is 0 Å². The summed E-state index contributed by atoms with van der Waals surface area (Å²) in [5, 5.41) is 14.9. The van der Waals surface area contributed by atoms with Crippen LogP contribution < -0.4 is 10.6 Å². The van der Waals surface area contributed by atoms with Gasteiger partial charge in [0.15, 0.2) is 11.0 Å². The second kappa shape index (κ2) is 12.9. The zero-order valence-corrected chi connectivity index (χ0v) is 21.4. The largest absolute Gasteiger partial charge is 0.462 e. The Morgan fingerprint density at radius 2 is 1.97 bits per heavy atom. The lowest BCUT2D eigenvalue weighted by atomic mass is 10.2. The number of nitrogens with one attached hydrogen (secondary N) is 2. The lowest BCUT2D eigenvalue weighted by molar-refractivity contribution is -0.113. The van der Waals surface area contributed by atoms with Gasteiger partial charge in [-0.05, 0) is 44.2 Å².